The maximum Gasteiger partial charge on any atom is 0.330 e. The first-order valence-corrected chi connectivity index (χ1v) is 4.80. The molecule has 0 aromatic carbocycles. The molecule has 0 amide bonds. The fraction of sp³-hybridized carbons (Fsp3) is 0.700. The summed E-state index contributed by atoms with van der Waals surface area (Å²) in [5.41, 5.74) is 5.34. The molecule has 3 nitrogen and oxygen atoms in total. The summed E-state index contributed by atoms with van der Waals surface area (Å²) in [6.07, 6.45) is 7.31. The van der Waals surface area contributed by atoms with Crippen LogP contribution in [0.15, 0.2) is 12.2 Å². The molecule has 0 aliphatic rings. The standard InChI is InChI=1S/C10H19NO2/c1-2-7-10(12)13-9-6-4-3-5-8-11/h2,7H,3-6,8-9,11H2,1H3/b7-2+. The Hall–Kier alpha value is -0.830. The maximum absolute atomic E-state index is 10.8. The molecule has 3 heteroatoms. The van der Waals surface area contributed by atoms with Crippen molar-refractivity contribution in [1.29, 1.82) is 0 Å². The number of unbranched alkanes of at least 4 members (excludes halogenated alkanes) is 3. The van der Waals surface area contributed by atoms with Gasteiger partial charge in [0.15, 0.2) is 0 Å². The Morgan fingerprint density at radius 1 is 1.31 bits per heavy atom. The number of ether oxygens (including phenoxy) is 1. The van der Waals surface area contributed by atoms with Crippen molar-refractivity contribution in [3.05, 3.63) is 12.2 Å². The Balaban J connectivity index is 3.11. The molecule has 0 rings (SSSR count). The van der Waals surface area contributed by atoms with E-state index in [0.29, 0.717) is 6.61 Å². The van der Waals surface area contributed by atoms with E-state index in [9.17, 15) is 4.79 Å². The first kappa shape index (κ1) is 12.2. The molecule has 0 radical (unpaired) electrons. The SMILES string of the molecule is C/C=C/C(=O)OCCCCCCN. The molecule has 13 heavy (non-hydrogen) atoms. The highest BCUT2D eigenvalue weighted by molar-refractivity contribution is 5.81. The van der Waals surface area contributed by atoms with Crippen molar-refractivity contribution >= 4 is 5.97 Å². The second-order valence-electron chi connectivity index (χ2n) is 2.87. The molecule has 0 unspecified atom stereocenters. The van der Waals surface area contributed by atoms with E-state index in [1.807, 2.05) is 0 Å². The normalized spacial score (nSPS) is 10.6. The first-order valence-electron chi connectivity index (χ1n) is 4.80. The highest BCUT2D eigenvalue weighted by atomic mass is 16.5. The molecule has 2 N–H and O–H groups in total. The van der Waals surface area contributed by atoms with Crippen molar-refractivity contribution in [2.24, 2.45) is 5.73 Å². The Morgan fingerprint density at radius 3 is 2.62 bits per heavy atom. The highest BCUT2D eigenvalue weighted by Crippen LogP contribution is 1.98. The largest absolute Gasteiger partial charge is 0.463 e. The lowest BCUT2D eigenvalue weighted by atomic mass is 10.2. The van der Waals surface area contributed by atoms with Gasteiger partial charge in [-0.1, -0.05) is 18.9 Å². The van der Waals surface area contributed by atoms with Crippen LogP contribution in [-0.2, 0) is 9.53 Å². The van der Waals surface area contributed by atoms with E-state index in [0.717, 1.165) is 32.2 Å². The zero-order valence-electron chi connectivity index (χ0n) is 8.29. The monoisotopic (exact) mass is 185 g/mol. The summed E-state index contributed by atoms with van der Waals surface area (Å²) in [6.45, 7) is 3.06. The smallest absolute Gasteiger partial charge is 0.330 e. The average Bonchev–Trinajstić information content (AvgIpc) is 2.11. The minimum Gasteiger partial charge on any atom is -0.463 e. The second kappa shape index (κ2) is 9.26. The molecule has 0 saturated carbocycles. The molecule has 0 spiro atoms. The van der Waals surface area contributed by atoms with Gasteiger partial charge in [0.05, 0.1) is 6.61 Å². The quantitative estimate of drug-likeness (QED) is 0.372. The second-order valence-corrected chi connectivity index (χ2v) is 2.87. The van der Waals surface area contributed by atoms with Crippen LogP contribution in [0.5, 0.6) is 0 Å². The molecule has 76 valence electrons. The van der Waals surface area contributed by atoms with Crippen LogP contribution >= 0.6 is 0 Å². The summed E-state index contributed by atoms with van der Waals surface area (Å²) in [7, 11) is 0. The first-order chi connectivity index (χ1) is 6.31. The molecule has 0 atom stereocenters. The Bertz CT molecular complexity index is 155. The van der Waals surface area contributed by atoms with E-state index in [-0.39, 0.29) is 5.97 Å². The number of esters is 1. The van der Waals surface area contributed by atoms with E-state index in [1.165, 1.54) is 6.08 Å². The van der Waals surface area contributed by atoms with Crippen LogP contribution in [0.4, 0.5) is 0 Å². The molecule has 0 heterocycles. The van der Waals surface area contributed by atoms with Crippen molar-refractivity contribution in [3.8, 4) is 0 Å². The molecule has 0 aromatic rings. The molecule has 0 aliphatic heterocycles. The molecular weight excluding hydrogens is 166 g/mol. The fourth-order valence-corrected chi connectivity index (χ4v) is 0.957. The summed E-state index contributed by atoms with van der Waals surface area (Å²) in [5, 5.41) is 0. The zero-order chi connectivity index (χ0) is 9.94. The van der Waals surface area contributed by atoms with Gasteiger partial charge in [0, 0.05) is 6.08 Å². The summed E-state index contributed by atoms with van der Waals surface area (Å²) in [5.74, 6) is -0.249. The predicted octanol–water partition coefficient (Wildman–Crippen LogP) is 1.62. The van der Waals surface area contributed by atoms with Crippen molar-refractivity contribution in [2.75, 3.05) is 13.2 Å². The summed E-state index contributed by atoms with van der Waals surface area (Å²) in [4.78, 5) is 10.8. The Labute approximate surface area is 79.9 Å². The Morgan fingerprint density at radius 2 is 2.00 bits per heavy atom. The van der Waals surface area contributed by atoms with E-state index >= 15 is 0 Å². The van der Waals surface area contributed by atoms with Gasteiger partial charge in [-0.2, -0.15) is 0 Å². The van der Waals surface area contributed by atoms with Crippen LogP contribution in [0.1, 0.15) is 32.6 Å². The number of hydrogen-bond acceptors (Lipinski definition) is 3. The van der Waals surface area contributed by atoms with E-state index in [2.05, 4.69) is 0 Å². The molecule has 0 saturated heterocycles. The Kier molecular flexibility index (Phi) is 8.67. The fourth-order valence-electron chi connectivity index (χ4n) is 0.957. The van der Waals surface area contributed by atoms with Gasteiger partial charge in [0.2, 0.25) is 0 Å². The third-order valence-corrected chi connectivity index (χ3v) is 1.65. The van der Waals surface area contributed by atoms with Crippen LogP contribution in [-0.4, -0.2) is 19.1 Å². The van der Waals surface area contributed by atoms with Gasteiger partial charge < -0.3 is 10.5 Å². The minimum atomic E-state index is -0.249. The number of allylic oxidation sites excluding steroid dienone is 1. The number of rotatable bonds is 7. The van der Waals surface area contributed by atoms with Crippen molar-refractivity contribution in [1.82, 2.24) is 0 Å². The number of hydrogen-bond donors (Lipinski definition) is 1. The van der Waals surface area contributed by atoms with Gasteiger partial charge in [-0.25, -0.2) is 4.79 Å². The van der Waals surface area contributed by atoms with Gasteiger partial charge in [0.1, 0.15) is 0 Å². The predicted molar refractivity (Wildman–Crippen MR) is 53.3 cm³/mol. The molecule has 0 fully saturated rings. The number of carbonyl (C=O) groups excluding carboxylic acids is 1. The summed E-state index contributed by atoms with van der Waals surface area (Å²) in [6, 6.07) is 0. The topological polar surface area (TPSA) is 52.3 Å². The number of nitrogens with two attached hydrogens (primary N) is 1. The highest BCUT2D eigenvalue weighted by Gasteiger charge is 1.94. The van der Waals surface area contributed by atoms with Crippen LogP contribution in [0, 0.1) is 0 Å². The van der Waals surface area contributed by atoms with Crippen LogP contribution in [0.25, 0.3) is 0 Å². The zero-order valence-corrected chi connectivity index (χ0v) is 8.29. The summed E-state index contributed by atoms with van der Waals surface area (Å²) >= 11 is 0. The lowest BCUT2D eigenvalue weighted by molar-refractivity contribution is -0.137. The third-order valence-electron chi connectivity index (χ3n) is 1.65. The van der Waals surface area contributed by atoms with Gasteiger partial charge >= 0.3 is 5.97 Å². The van der Waals surface area contributed by atoms with Crippen molar-refractivity contribution in [2.45, 2.75) is 32.6 Å². The molecule has 0 aliphatic carbocycles. The third kappa shape index (κ3) is 9.08. The number of carbonyl (C=O) groups is 1. The molecular formula is C10H19NO2. The van der Waals surface area contributed by atoms with E-state index in [1.54, 1.807) is 13.0 Å². The average molecular weight is 185 g/mol. The van der Waals surface area contributed by atoms with Crippen molar-refractivity contribution in [3.63, 3.8) is 0 Å². The molecule has 0 aromatic heterocycles. The van der Waals surface area contributed by atoms with Gasteiger partial charge in [-0.05, 0) is 26.3 Å². The van der Waals surface area contributed by atoms with Gasteiger partial charge in [0.25, 0.3) is 0 Å². The lowest BCUT2D eigenvalue weighted by Crippen LogP contribution is -2.02. The van der Waals surface area contributed by atoms with Gasteiger partial charge in [-0.3, -0.25) is 0 Å². The van der Waals surface area contributed by atoms with Gasteiger partial charge in [-0.15, -0.1) is 0 Å². The van der Waals surface area contributed by atoms with Crippen LogP contribution in [0.2, 0.25) is 0 Å². The lowest BCUT2D eigenvalue weighted by Gasteiger charge is -2.01. The molecule has 0 bridgehead atoms. The van der Waals surface area contributed by atoms with Crippen LogP contribution in [0.3, 0.4) is 0 Å². The maximum atomic E-state index is 10.8. The van der Waals surface area contributed by atoms with E-state index < -0.39 is 0 Å². The van der Waals surface area contributed by atoms with Crippen LogP contribution < -0.4 is 5.73 Å². The van der Waals surface area contributed by atoms with Crippen molar-refractivity contribution < 1.29 is 9.53 Å². The summed E-state index contributed by atoms with van der Waals surface area (Å²) < 4.78 is 4.91. The van der Waals surface area contributed by atoms with E-state index in [4.69, 9.17) is 10.5 Å². The minimum absolute atomic E-state index is 0.249.